The molecule has 298 valence electrons. The number of alkyl halides is 1. The van der Waals surface area contributed by atoms with Crippen molar-refractivity contribution in [2.24, 2.45) is 16.3 Å². The fourth-order valence-corrected chi connectivity index (χ4v) is 17.1. The van der Waals surface area contributed by atoms with Gasteiger partial charge in [0.2, 0.25) is 5.72 Å². The standard InChI is InChI=1S/C42H57BrN2O8Si2/c1-28(25-40(4,37(47)49-7)26-41(5,43)38(48)50-22-15-23-55(11,12)53-54(8,9)10)36(46)51-30-20-18-29-19-21-34-35(31(29)24-30)44-27-42(52-34)39(2,3)32-16-13-14-17-33(32)45(42)6/h13-14,16-21,24,27-28H,15,22-23,25-26H2,1-12H3. The maximum atomic E-state index is 13.6. The number of rotatable bonds is 14. The van der Waals surface area contributed by atoms with Crippen LogP contribution in [0.25, 0.3) is 10.8 Å². The van der Waals surface area contributed by atoms with Crippen molar-refractivity contribution in [2.45, 2.75) is 108 Å². The minimum absolute atomic E-state index is 0.0424. The van der Waals surface area contributed by atoms with Crippen molar-refractivity contribution in [3.05, 3.63) is 60.2 Å². The summed E-state index contributed by atoms with van der Waals surface area (Å²) in [6.45, 7) is 20.6. The van der Waals surface area contributed by atoms with E-state index >= 15 is 0 Å². The maximum absolute atomic E-state index is 13.6. The Bertz CT molecular complexity index is 1990. The van der Waals surface area contributed by atoms with Crippen LogP contribution in [0.3, 0.4) is 0 Å². The molecule has 0 fully saturated rings. The lowest BCUT2D eigenvalue weighted by Crippen LogP contribution is -2.61. The number of esters is 3. The molecular formula is C42H57BrN2O8Si2. The van der Waals surface area contributed by atoms with Crippen LogP contribution in [0.4, 0.5) is 11.4 Å². The second-order valence-corrected chi connectivity index (χ2v) is 28.5. The number of carbonyl (C=O) groups excluding carboxylic acids is 3. The van der Waals surface area contributed by atoms with Crippen molar-refractivity contribution >= 4 is 78.8 Å². The second-order valence-electron chi connectivity index (χ2n) is 17.7. The van der Waals surface area contributed by atoms with Crippen LogP contribution in [-0.2, 0) is 33.4 Å². The number of benzene rings is 3. The Morgan fingerprint density at radius 2 is 1.67 bits per heavy atom. The molecule has 3 aromatic carbocycles. The van der Waals surface area contributed by atoms with E-state index in [0.29, 0.717) is 23.6 Å². The van der Waals surface area contributed by atoms with Crippen molar-refractivity contribution in [3.63, 3.8) is 0 Å². The Kier molecular flexibility index (Phi) is 12.0. The molecule has 5 rings (SSSR count). The summed E-state index contributed by atoms with van der Waals surface area (Å²) < 4.78 is 28.8. The zero-order chi connectivity index (χ0) is 40.8. The van der Waals surface area contributed by atoms with E-state index < -0.39 is 61.3 Å². The molecule has 0 aliphatic carbocycles. The molecule has 0 radical (unpaired) electrons. The van der Waals surface area contributed by atoms with Crippen LogP contribution < -0.4 is 14.4 Å². The Morgan fingerprint density at radius 1 is 1.00 bits per heavy atom. The second kappa shape index (κ2) is 15.4. The summed E-state index contributed by atoms with van der Waals surface area (Å²) in [5.74, 6) is -1.27. The molecule has 0 amide bonds. The minimum Gasteiger partial charge on any atom is -0.469 e. The van der Waals surface area contributed by atoms with Crippen molar-refractivity contribution < 1.29 is 37.4 Å². The largest absolute Gasteiger partial charge is 0.469 e. The normalized spacial score (nSPS) is 20.1. The van der Waals surface area contributed by atoms with Crippen molar-refractivity contribution in [1.29, 1.82) is 0 Å². The molecule has 0 saturated heterocycles. The molecule has 2 aliphatic heterocycles. The average Bonchev–Trinajstić information content (AvgIpc) is 3.25. The topological polar surface area (TPSA) is 113 Å². The third-order valence-electron chi connectivity index (χ3n) is 10.8. The predicted molar refractivity (Wildman–Crippen MR) is 227 cm³/mol. The summed E-state index contributed by atoms with van der Waals surface area (Å²) in [5, 5.41) is 1.69. The fourth-order valence-electron chi connectivity index (χ4n) is 8.37. The number of methoxy groups -OCH3 is 1. The average molecular weight is 854 g/mol. The third-order valence-corrected chi connectivity index (χ3v) is 17.7. The fraction of sp³-hybridized carbons (Fsp3) is 0.524. The molecule has 10 nitrogen and oxygen atoms in total. The molecule has 0 aromatic heterocycles. The first-order valence-corrected chi connectivity index (χ1v) is 26.3. The van der Waals surface area contributed by atoms with E-state index in [1.165, 1.54) is 12.7 Å². The van der Waals surface area contributed by atoms with Gasteiger partial charge in [0.05, 0.1) is 36.7 Å². The molecule has 4 unspecified atom stereocenters. The van der Waals surface area contributed by atoms with Crippen molar-refractivity contribution in [1.82, 2.24) is 0 Å². The van der Waals surface area contributed by atoms with E-state index in [4.69, 9.17) is 28.1 Å². The van der Waals surface area contributed by atoms with Gasteiger partial charge in [-0.25, -0.2) is 0 Å². The highest BCUT2D eigenvalue weighted by molar-refractivity contribution is 9.10. The summed E-state index contributed by atoms with van der Waals surface area (Å²) in [7, 11) is -0.218. The van der Waals surface area contributed by atoms with Crippen molar-refractivity contribution in [2.75, 3.05) is 25.7 Å². The van der Waals surface area contributed by atoms with Gasteiger partial charge in [0, 0.05) is 18.1 Å². The molecule has 13 heteroatoms. The first-order valence-electron chi connectivity index (χ1n) is 19.0. The van der Waals surface area contributed by atoms with Crippen LogP contribution in [0, 0.1) is 11.3 Å². The lowest BCUT2D eigenvalue weighted by atomic mass is 9.75. The molecule has 0 N–H and O–H groups in total. The van der Waals surface area contributed by atoms with Crippen LogP contribution in [0.2, 0.25) is 38.8 Å². The number of hydrogen-bond donors (Lipinski definition) is 0. The SMILES string of the molecule is COC(=O)C(C)(CC(C)C(=O)Oc1ccc2ccc3c(c2c1)N=CC1(O3)N(C)c2ccccc2C1(C)C)CC(C)(Br)C(=O)OCCC[Si](C)(C)O[Si](C)(C)C. The lowest BCUT2D eigenvalue weighted by molar-refractivity contribution is -0.156. The monoisotopic (exact) mass is 852 g/mol. The summed E-state index contributed by atoms with van der Waals surface area (Å²) in [6.07, 6.45) is 2.69. The van der Waals surface area contributed by atoms with E-state index in [2.05, 4.69) is 79.5 Å². The first kappa shape index (κ1) is 42.6. The van der Waals surface area contributed by atoms with Gasteiger partial charge in [-0.3, -0.25) is 19.4 Å². The molecule has 0 saturated carbocycles. The zero-order valence-corrected chi connectivity index (χ0v) is 38.0. The van der Waals surface area contributed by atoms with Gasteiger partial charge >= 0.3 is 17.9 Å². The molecule has 3 aromatic rings. The number of ether oxygens (including phenoxy) is 4. The highest BCUT2D eigenvalue weighted by Gasteiger charge is 2.58. The van der Waals surface area contributed by atoms with Gasteiger partial charge in [0.25, 0.3) is 0 Å². The molecule has 0 bridgehead atoms. The smallest absolute Gasteiger partial charge is 0.322 e. The first-order chi connectivity index (χ1) is 25.5. The number of carbonyl (C=O) groups is 3. The van der Waals surface area contributed by atoms with E-state index in [9.17, 15) is 14.4 Å². The Balaban J connectivity index is 1.27. The van der Waals surface area contributed by atoms with Crippen LogP contribution >= 0.6 is 15.9 Å². The van der Waals surface area contributed by atoms with E-state index in [1.807, 2.05) is 43.6 Å². The number of fused-ring (bicyclic) bond motifs is 4. The number of anilines is 1. The van der Waals surface area contributed by atoms with Gasteiger partial charge in [-0.05, 0) is 121 Å². The highest BCUT2D eigenvalue weighted by Crippen LogP contribution is 2.54. The molecule has 4 atom stereocenters. The Labute approximate surface area is 336 Å². The van der Waals surface area contributed by atoms with Crippen molar-refractivity contribution in [3.8, 4) is 11.5 Å². The number of halogens is 1. The van der Waals surface area contributed by atoms with Gasteiger partial charge < -0.3 is 28.0 Å². The quantitative estimate of drug-likeness (QED) is 0.0515. The van der Waals surface area contributed by atoms with Gasteiger partial charge in [0.1, 0.15) is 21.5 Å². The summed E-state index contributed by atoms with van der Waals surface area (Å²) in [4.78, 5) is 47.3. The Hall–Kier alpha value is -3.53. The number of aliphatic imine (C=N–C) groups is 1. The van der Waals surface area contributed by atoms with Gasteiger partial charge in [-0.2, -0.15) is 0 Å². The summed E-state index contributed by atoms with van der Waals surface area (Å²) in [5.41, 5.74) is 0.494. The number of likely N-dealkylation sites (N-methyl/N-ethyl adjacent to an activating group) is 1. The molecule has 2 aliphatic rings. The maximum Gasteiger partial charge on any atom is 0.322 e. The van der Waals surface area contributed by atoms with Crippen LogP contribution in [0.5, 0.6) is 11.5 Å². The van der Waals surface area contributed by atoms with Gasteiger partial charge in [-0.15, -0.1) is 0 Å². The van der Waals surface area contributed by atoms with Gasteiger partial charge in [-0.1, -0.05) is 53.2 Å². The van der Waals surface area contributed by atoms with Crippen LogP contribution in [-0.4, -0.2) is 71.6 Å². The highest BCUT2D eigenvalue weighted by atomic mass is 79.9. The van der Waals surface area contributed by atoms with E-state index in [1.54, 1.807) is 32.9 Å². The molecule has 1 spiro atoms. The van der Waals surface area contributed by atoms with Crippen LogP contribution in [0.1, 0.15) is 59.4 Å². The van der Waals surface area contributed by atoms with E-state index in [0.717, 1.165) is 22.5 Å². The number of nitrogens with zero attached hydrogens (tertiary/aromatic N) is 2. The van der Waals surface area contributed by atoms with Crippen LogP contribution in [0.15, 0.2) is 59.6 Å². The molecular weight excluding hydrogens is 797 g/mol. The zero-order valence-electron chi connectivity index (χ0n) is 34.4. The number of para-hydroxylation sites is 1. The summed E-state index contributed by atoms with van der Waals surface area (Å²) in [6, 6.07) is 18.5. The predicted octanol–water partition coefficient (Wildman–Crippen LogP) is 9.70. The van der Waals surface area contributed by atoms with E-state index in [-0.39, 0.29) is 19.4 Å². The lowest BCUT2D eigenvalue weighted by Gasteiger charge is -2.45. The van der Waals surface area contributed by atoms with Gasteiger partial charge in [0.15, 0.2) is 16.6 Å². The third kappa shape index (κ3) is 8.74. The molecule has 55 heavy (non-hydrogen) atoms. The number of hydrogen-bond acceptors (Lipinski definition) is 10. The summed E-state index contributed by atoms with van der Waals surface area (Å²) >= 11 is 3.55. The minimum atomic E-state index is -1.88. The Morgan fingerprint density at radius 3 is 2.33 bits per heavy atom. The molecule has 2 heterocycles.